The molecule has 0 heterocycles. The highest BCUT2D eigenvalue weighted by atomic mass is 14.3. The molecule has 0 saturated heterocycles. The van der Waals surface area contributed by atoms with Crippen molar-refractivity contribution in [1.29, 1.82) is 0 Å². The Hall–Kier alpha value is -0.780. The lowest BCUT2D eigenvalue weighted by Gasteiger charge is -2.37. The molecule has 0 nitrogen and oxygen atoms in total. The van der Waals surface area contributed by atoms with E-state index < -0.39 is 0 Å². The highest BCUT2D eigenvalue weighted by Crippen LogP contribution is 2.39. The van der Waals surface area contributed by atoms with Crippen LogP contribution in [0.15, 0.2) is 12.1 Å². The van der Waals surface area contributed by atoms with Crippen molar-refractivity contribution < 1.29 is 0 Å². The Morgan fingerprint density at radius 3 is 1.90 bits per heavy atom. The Morgan fingerprint density at radius 1 is 0.900 bits per heavy atom. The van der Waals surface area contributed by atoms with Gasteiger partial charge >= 0.3 is 0 Å². The summed E-state index contributed by atoms with van der Waals surface area (Å²) in [7, 11) is 0. The summed E-state index contributed by atoms with van der Waals surface area (Å²) in [5, 5.41) is 0. The van der Waals surface area contributed by atoms with Crippen LogP contribution in [0.2, 0.25) is 0 Å². The van der Waals surface area contributed by atoms with Gasteiger partial charge < -0.3 is 0 Å². The summed E-state index contributed by atoms with van der Waals surface area (Å²) in [6.45, 7) is 14.1. The van der Waals surface area contributed by atoms with Gasteiger partial charge in [0.1, 0.15) is 0 Å². The van der Waals surface area contributed by atoms with Crippen molar-refractivity contribution in [3.8, 4) is 0 Å². The van der Waals surface area contributed by atoms with E-state index in [0.717, 1.165) is 23.7 Å². The maximum atomic E-state index is 2.45. The second kappa shape index (κ2) is 6.33. The number of hydrogen-bond donors (Lipinski definition) is 0. The lowest BCUT2D eigenvalue weighted by Crippen LogP contribution is -2.28. The van der Waals surface area contributed by atoms with Crippen molar-refractivity contribution in [2.45, 2.75) is 67.2 Å². The molecule has 0 amide bonds. The lowest BCUT2D eigenvalue weighted by molar-refractivity contribution is 0.136. The molecule has 1 fully saturated rings. The molecule has 2 atom stereocenters. The molecule has 1 aromatic rings. The van der Waals surface area contributed by atoms with Gasteiger partial charge in [0.2, 0.25) is 0 Å². The largest absolute Gasteiger partial charge is 0.0622 e. The van der Waals surface area contributed by atoms with Gasteiger partial charge in [-0.1, -0.05) is 32.9 Å². The molecule has 1 aliphatic rings. The molecule has 1 aromatic carbocycles. The second-order valence-electron chi connectivity index (χ2n) is 7.54. The van der Waals surface area contributed by atoms with E-state index in [4.69, 9.17) is 0 Å². The van der Waals surface area contributed by atoms with Crippen molar-refractivity contribution in [2.75, 3.05) is 0 Å². The van der Waals surface area contributed by atoms with Crippen LogP contribution >= 0.6 is 0 Å². The van der Waals surface area contributed by atoms with Crippen LogP contribution in [0.25, 0.3) is 0 Å². The minimum Gasteiger partial charge on any atom is -0.0622 e. The van der Waals surface area contributed by atoms with E-state index >= 15 is 0 Å². The van der Waals surface area contributed by atoms with Crippen LogP contribution in [0.4, 0.5) is 0 Å². The topological polar surface area (TPSA) is 0 Å². The fraction of sp³-hybridized carbons (Fsp3) is 0.700. The smallest absolute Gasteiger partial charge is 0.0276 e. The molecular weight excluding hydrogens is 240 g/mol. The first kappa shape index (κ1) is 15.6. The van der Waals surface area contributed by atoms with Gasteiger partial charge in [-0.2, -0.15) is 0 Å². The molecule has 0 radical (unpaired) electrons. The van der Waals surface area contributed by atoms with Crippen molar-refractivity contribution in [3.05, 3.63) is 34.4 Å². The number of aryl methyl sites for hydroxylation is 3. The Bertz CT molecular complexity index is 422. The zero-order chi connectivity index (χ0) is 14.9. The first-order valence-corrected chi connectivity index (χ1v) is 8.45. The highest BCUT2D eigenvalue weighted by Gasteiger charge is 2.29. The molecule has 0 heteroatoms. The van der Waals surface area contributed by atoms with Gasteiger partial charge in [0.25, 0.3) is 0 Å². The number of rotatable bonds is 3. The van der Waals surface area contributed by atoms with E-state index in [1.807, 2.05) is 0 Å². The first-order chi connectivity index (χ1) is 9.38. The van der Waals surface area contributed by atoms with Crippen molar-refractivity contribution >= 4 is 0 Å². The summed E-state index contributed by atoms with van der Waals surface area (Å²) >= 11 is 0. The molecule has 112 valence electrons. The van der Waals surface area contributed by atoms with Crippen LogP contribution in [-0.4, -0.2) is 0 Å². The Labute approximate surface area is 126 Å². The highest BCUT2D eigenvalue weighted by molar-refractivity contribution is 5.36. The van der Waals surface area contributed by atoms with Gasteiger partial charge in [0.05, 0.1) is 0 Å². The predicted octanol–water partition coefficient (Wildman–Crippen LogP) is 5.86. The van der Waals surface area contributed by atoms with E-state index in [0.29, 0.717) is 0 Å². The van der Waals surface area contributed by atoms with Crippen LogP contribution in [0.1, 0.15) is 62.3 Å². The lowest BCUT2D eigenvalue weighted by atomic mass is 9.69. The van der Waals surface area contributed by atoms with Crippen LogP contribution in [0.5, 0.6) is 0 Å². The van der Waals surface area contributed by atoms with Crippen LogP contribution < -0.4 is 0 Å². The number of benzene rings is 1. The molecule has 0 spiro atoms. The van der Waals surface area contributed by atoms with E-state index in [1.54, 1.807) is 5.56 Å². The third-order valence-electron chi connectivity index (χ3n) is 6.03. The molecule has 0 aromatic heterocycles. The quantitative estimate of drug-likeness (QED) is 0.646. The van der Waals surface area contributed by atoms with E-state index in [9.17, 15) is 0 Å². The molecule has 0 bridgehead atoms. The summed E-state index contributed by atoms with van der Waals surface area (Å²) in [5.74, 6) is 3.67. The van der Waals surface area contributed by atoms with Crippen LogP contribution in [-0.2, 0) is 6.42 Å². The minimum absolute atomic E-state index is 0.908. The van der Waals surface area contributed by atoms with Gasteiger partial charge in [-0.3, -0.25) is 0 Å². The summed E-state index contributed by atoms with van der Waals surface area (Å²) in [6.07, 6.45) is 5.52. The molecule has 0 aliphatic heterocycles. The Kier molecular flexibility index (Phi) is 4.94. The van der Waals surface area contributed by atoms with Crippen molar-refractivity contribution in [1.82, 2.24) is 0 Å². The predicted molar refractivity (Wildman–Crippen MR) is 89.2 cm³/mol. The maximum Gasteiger partial charge on any atom is -0.0276 e. The average molecular weight is 272 g/mol. The molecule has 2 unspecified atom stereocenters. The van der Waals surface area contributed by atoms with Gasteiger partial charge in [-0.25, -0.2) is 0 Å². The SMILES string of the molecule is Cc1cc(CCC2CC(C)C(C)C(C)C2)cc(C)c1C. The van der Waals surface area contributed by atoms with Gasteiger partial charge in [-0.05, 0) is 92.4 Å². The standard InChI is InChI=1S/C20H32/c1-13-9-19(10-14(2)17(13)5)7-8-20-11-15(3)18(6)16(4)12-20/h9-10,15-16,18,20H,7-8,11-12H2,1-6H3. The molecule has 1 saturated carbocycles. The molecule has 2 rings (SSSR count). The number of hydrogen-bond acceptors (Lipinski definition) is 0. The van der Waals surface area contributed by atoms with Gasteiger partial charge in [0, 0.05) is 0 Å². The molecule has 20 heavy (non-hydrogen) atoms. The van der Waals surface area contributed by atoms with Crippen molar-refractivity contribution in [2.24, 2.45) is 23.7 Å². The molecule has 0 N–H and O–H groups in total. The van der Waals surface area contributed by atoms with Gasteiger partial charge in [0.15, 0.2) is 0 Å². The summed E-state index contributed by atoms with van der Waals surface area (Å²) in [5.41, 5.74) is 5.92. The van der Waals surface area contributed by atoms with Crippen LogP contribution in [0, 0.1) is 44.4 Å². The molecular formula is C20H32. The molecule has 1 aliphatic carbocycles. The van der Waals surface area contributed by atoms with Crippen molar-refractivity contribution in [3.63, 3.8) is 0 Å². The van der Waals surface area contributed by atoms with Crippen LogP contribution in [0.3, 0.4) is 0 Å². The second-order valence-corrected chi connectivity index (χ2v) is 7.54. The Morgan fingerprint density at radius 2 is 1.40 bits per heavy atom. The monoisotopic (exact) mass is 272 g/mol. The normalized spacial score (nSPS) is 30.5. The zero-order valence-electron chi connectivity index (χ0n) is 14.3. The van der Waals surface area contributed by atoms with E-state index in [1.165, 1.54) is 42.4 Å². The van der Waals surface area contributed by atoms with E-state index in [2.05, 4.69) is 53.7 Å². The maximum absolute atomic E-state index is 2.45. The van der Waals surface area contributed by atoms with E-state index in [-0.39, 0.29) is 0 Å². The zero-order valence-corrected chi connectivity index (χ0v) is 14.3. The third-order valence-corrected chi connectivity index (χ3v) is 6.03. The summed E-state index contributed by atoms with van der Waals surface area (Å²) in [4.78, 5) is 0. The first-order valence-electron chi connectivity index (χ1n) is 8.45. The fourth-order valence-electron chi connectivity index (χ4n) is 4.01. The summed E-state index contributed by atoms with van der Waals surface area (Å²) < 4.78 is 0. The minimum atomic E-state index is 0.908. The fourth-order valence-corrected chi connectivity index (χ4v) is 4.01. The van der Waals surface area contributed by atoms with Gasteiger partial charge in [-0.15, -0.1) is 0 Å². The average Bonchev–Trinajstić information content (AvgIpc) is 2.39. The third kappa shape index (κ3) is 3.45. The Balaban J connectivity index is 1.96. The summed E-state index contributed by atoms with van der Waals surface area (Å²) in [6, 6.07) is 4.81.